The molecule has 6 rings (SSSR count). The largest absolute Gasteiger partial charge is 0.378 e. The Balaban J connectivity index is 1.54. The first-order valence-corrected chi connectivity index (χ1v) is 8.42. The average molecular weight is 278 g/mol. The van der Waals surface area contributed by atoms with Crippen LogP contribution in [0.15, 0.2) is 36.5 Å². The second-order valence-corrected chi connectivity index (χ2v) is 7.70. The zero-order chi connectivity index (χ0) is 13.9. The van der Waals surface area contributed by atoms with E-state index in [1.807, 2.05) is 12.3 Å². The van der Waals surface area contributed by atoms with Crippen LogP contribution in [0.1, 0.15) is 38.5 Å². The van der Waals surface area contributed by atoms with Crippen LogP contribution in [-0.2, 0) is 0 Å². The van der Waals surface area contributed by atoms with Gasteiger partial charge >= 0.3 is 0 Å². The van der Waals surface area contributed by atoms with Crippen molar-refractivity contribution < 1.29 is 0 Å². The molecule has 0 spiro atoms. The van der Waals surface area contributed by atoms with Gasteiger partial charge in [-0.2, -0.15) is 0 Å². The molecule has 1 N–H and O–H groups in total. The Bertz CT molecular complexity index is 650. The van der Waals surface area contributed by atoms with Crippen LogP contribution in [0.5, 0.6) is 0 Å². The molecule has 0 saturated heterocycles. The summed E-state index contributed by atoms with van der Waals surface area (Å²) in [6.07, 6.45) is 10.5. The van der Waals surface area contributed by atoms with Gasteiger partial charge in [0.25, 0.3) is 0 Å². The van der Waals surface area contributed by atoms with Crippen LogP contribution in [0.25, 0.3) is 10.9 Å². The lowest BCUT2D eigenvalue weighted by molar-refractivity contribution is 0.0108. The predicted molar refractivity (Wildman–Crippen MR) is 86.3 cm³/mol. The molecular weight excluding hydrogens is 256 g/mol. The van der Waals surface area contributed by atoms with Gasteiger partial charge in [0.1, 0.15) is 0 Å². The van der Waals surface area contributed by atoms with Crippen molar-refractivity contribution in [3.8, 4) is 0 Å². The Morgan fingerprint density at radius 1 is 0.905 bits per heavy atom. The van der Waals surface area contributed by atoms with E-state index in [4.69, 9.17) is 0 Å². The van der Waals surface area contributed by atoms with Crippen molar-refractivity contribution >= 4 is 16.6 Å². The fourth-order valence-electron chi connectivity index (χ4n) is 5.75. The number of hydrogen-bond donors (Lipinski definition) is 1. The number of fused-ring (bicyclic) bond motifs is 1. The molecule has 2 heteroatoms. The van der Waals surface area contributed by atoms with E-state index in [2.05, 4.69) is 34.6 Å². The van der Waals surface area contributed by atoms with Crippen molar-refractivity contribution in [2.75, 3.05) is 5.32 Å². The smallest absolute Gasteiger partial charge is 0.0933 e. The lowest BCUT2D eigenvalue weighted by Gasteiger charge is -2.57. The molecule has 4 aliphatic rings. The van der Waals surface area contributed by atoms with Gasteiger partial charge in [0.05, 0.1) is 11.2 Å². The van der Waals surface area contributed by atoms with E-state index in [9.17, 15) is 0 Å². The highest BCUT2D eigenvalue weighted by molar-refractivity contribution is 5.90. The summed E-state index contributed by atoms with van der Waals surface area (Å²) in [5, 5.41) is 5.21. The molecular formula is C19H22N2. The van der Waals surface area contributed by atoms with Crippen molar-refractivity contribution in [2.24, 2.45) is 17.8 Å². The number of rotatable bonds is 2. The molecule has 4 aliphatic carbocycles. The Morgan fingerprint density at radius 3 is 2.29 bits per heavy atom. The number of pyridine rings is 1. The molecule has 0 atom stereocenters. The molecule has 0 amide bonds. The molecule has 4 saturated carbocycles. The normalized spacial score (nSPS) is 37.0. The molecule has 108 valence electrons. The summed E-state index contributed by atoms with van der Waals surface area (Å²) in [7, 11) is 0. The van der Waals surface area contributed by atoms with Gasteiger partial charge < -0.3 is 5.32 Å². The summed E-state index contributed by atoms with van der Waals surface area (Å²) in [5.74, 6) is 2.94. The van der Waals surface area contributed by atoms with E-state index in [-0.39, 0.29) is 0 Å². The number of aromatic nitrogens is 1. The van der Waals surface area contributed by atoms with Gasteiger partial charge in [0.2, 0.25) is 0 Å². The minimum absolute atomic E-state index is 0.362. The average Bonchev–Trinajstić information content (AvgIpc) is 2.46. The molecule has 0 unspecified atom stereocenters. The Hall–Kier alpha value is -1.57. The third kappa shape index (κ3) is 1.88. The summed E-state index contributed by atoms with van der Waals surface area (Å²) < 4.78 is 0. The predicted octanol–water partition coefficient (Wildman–Crippen LogP) is 4.62. The number of benzene rings is 1. The van der Waals surface area contributed by atoms with E-state index in [1.165, 1.54) is 49.6 Å². The van der Waals surface area contributed by atoms with Crippen LogP contribution in [0, 0.1) is 17.8 Å². The number of nitrogens with zero attached hydrogens (tertiary/aromatic N) is 1. The standard InChI is InChI=1S/C19H22N2/c1-3-16-4-2-6-20-18(16)17(5-1)21-19-10-13-7-14(11-19)9-15(8-13)12-19/h1-6,13-15,21H,7-12H2. The maximum Gasteiger partial charge on any atom is 0.0933 e. The topological polar surface area (TPSA) is 24.9 Å². The van der Waals surface area contributed by atoms with Gasteiger partial charge in [0.15, 0.2) is 0 Å². The van der Waals surface area contributed by atoms with E-state index in [1.54, 1.807) is 0 Å². The van der Waals surface area contributed by atoms with Gasteiger partial charge in [-0.1, -0.05) is 18.2 Å². The van der Waals surface area contributed by atoms with Gasteiger partial charge in [-0.05, 0) is 68.4 Å². The van der Waals surface area contributed by atoms with E-state index >= 15 is 0 Å². The minimum Gasteiger partial charge on any atom is -0.378 e. The Kier molecular flexibility index (Phi) is 2.42. The number of hydrogen-bond acceptors (Lipinski definition) is 2. The van der Waals surface area contributed by atoms with Crippen LogP contribution >= 0.6 is 0 Å². The summed E-state index contributed by atoms with van der Waals surface area (Å²) >= 11 is 0. The van der Waals surface area contributed by atoms with Gasteiger partial charge in [-0.3, -0.25) is 4.98 Å². The first-order valence-electron chi connectivity index (χ1n) is 8.42. The van der Waals surface area contributed by atoms with E-state index in [0.29, 0.717) is 5.54 Å². The molecule has 4 fully saturated rings. The summed E-state index contributed by atoms with van der Waals surface area (Å²) in [5.41, 5.74) is 2.74. The number of anilines is 1. The summed E-state index contributed by atoms with van der Waals surface area (Å²) in [6, 6.07) is 10.7. The third-order valence-electron chi connectivity index (χ3n) is 6.07. The van der Waals surface area contributed by atoms with Crippen LogP contribution in [-0.4, -0.2) is 10.5 Å². The molecule has 21 heavy (non-hydrogen) atoms. The Labute approximate surface area is 126 Å². The molecule has 1 aromatic carbocycles. The zero-order valence-corrected chi connectivity index (χ0v) is 12.4. The fourth-order valence-corrected chi connectivity index (χ4v) is 5.75. The van der Waals surface area contributed by atoms with Gasteiger partial charge in [-0.15, -0.1) is 0 Å². The molecule has 2 nitrogen and oxygen atoms in total. The highest BCUT2D eigenvalue weighted by Crippen LogP contribution is 2.56. The number of nitrogens with one attached hydrogen (secondary N) is 1. The van der Waals surface area contributed by atoms with Crippen molar-refractivity contribution in [3.05, 3.63) is 36.5 Å². The molecule has 4 bridgehead atoms. The highest BCUT2D eigenvalue weighted by atomic mass is 15.0. The SMILES string of the molecule is c1cnc2c(NC34CC5CC(CC(C5)C3)C4)cccc2c1. The summed E-state index contributed by atoms with van der Waals surface area (Å²) in [6.45, 7) is 0. The lowest BCUT2D eigenvalue weighted by Crippen LogP contribution is -2.54. The van der Waals surface area contributed by atoms with Crippen LogP contribution in [0.3, 0.4) is 0 Å². The van der Waals surface area contributed by atoms with E-state index < -0.39 is 0 Å². The number of para-hydroxylation sites is 1. The quantitative estimate of drug-likeness (QED) is 0.867. The lowest BCUT2D eigenvalue weighted by atomic mass is 9.53. The van der Waals surface area contributed by atoms with Crippen LogP contribution in [0.2, 0.25) is 0 Å². The molecule has 2 aromatic rings. The Morgan fingerprint density at radius 2 is 1.57 bits per heavy atom. The minimum atomic E-state index is 0.362. The zero-order valence-electron chi connectivity index (χ0n) is 12.4. The second-order valence-electron chi connectivity index (χ2n) is 7.70. The molecule has 1 heterocycles. The maximum absolute atomic E-state index is 4.62. The second kappa shape index (κ2) is 4.22. The van der Waals surface area contributed by atoms with Crippen LogP contribution in [0.4, 0.5) is 5.69 Å². The first kappa shape index (κ1) is 12.0. The van der Waals surface area contributed by atoms with Crippen molar-refractivity contribution in [3.63, 3.8) is 0 Å². The van der Waals surface area contributed by atoms with Gasteiger partial charge in [0, 0.05) is 17.1 Å². The van der Waals surface area contributed by atoms with Crippen molar-refractivity contribution in [1.29, 1.82) is 0 Å². The highest BCUT2D eigenvalue weighted by Gasteiger charge is 2.50. The maximum atomic E-state index is 4.62. The third-order valence-corrected chi connectivity index (χ3v) is 6.07. The summed E-state index contributed by atoms with van der Waals surface area (Å²) in [4.78, 5) is 4.62. The van der Waals surface area contributed by atoms with Gasteiger partial charge in [-0.25, -0.2) is 0 Å². The van der Waals surface area contributed by atoms with Crippen molar-refractivity contribution in [1.82, 2.24) is 4.98 Å². The molecule has 1 aromatic heterocycles. The van der Waals surface area contributed by atoms with E-state index in [0.717, 1.165) is 23.3 Å². The first-order chi connectivity index (χ1) is 10.3. The monoisotopic (exact) mass is 278 g/mol. The molecule has 0 aliphatic heterocycles. The molecule has 0 radical (unpaired) electrons. The van der Waals surface area contributed by atoms with Crippen LogP contribution < -0.4 is 5.32 Å². The van der Waals surface area contributed by atoms with Crippen molar-refractivity contribution in [2.45, 2.75) is 44.1 Å². The fraction of sp³-hybridized carbons (Fsp3) is 0.526.